The maximum atomic E-state index is 13.2. The van der Waals surface area contributed by atoms with Crippen LogP contribution < -0.4 is 5.48 Å². The van der Waals surface area contributed by atoms with E-state index in [0.717, 1.165) is 0 Å². The van der Waals surface area contributed by atoms with Crippen molar-refractivity contribution in [1.29, 1.82) is 0 Å². The molecule has 1 aromatic carbocycles. The molecule has 0 radical (unpaired) electrons. The Morgan fingerprint density at radius 3 is 2.88 bits per heavy atom. The lowest BCUT2D eigenvalue weighted by Crippen LogP contribution is -2.30. The predicted molar refractivity (Wildman–Crippen MR) is 61.7 cm³/mol. The summed E-state index contributed by atoms with van der Waals surface area (Å²) in [5, 5.41) is 9.46. The largest absolute Gasteiger partial charge is 0.389 e. The molecule has 0 aromatic heterocycles. The van der Waals surface area contributed by atoms with Crippen molar-refractivity contribution in [3.05, 3.63) is 35.6 Å². The standard InChI is InChI=1S/C12H18FNO3/c1-2-17-14-7-11(15)9-16-8-10-5-3-4-6-12(10)13/h3-6,11,14-15H,2,7-9H2,1H3. The monoisotopic (exact) mass is 243 g/mol. The molecular formula is C12H18FNO3. The van der Waals surface area contributed by atoms with Crippen LogP contribution in [0.5, 0.6) is 0 Å². The van der Waals surface area contributed by atoms with Crippen molar-refractivity contribution in [2.45, 2.75) is 19.6 Å². The van der Waals surface area contributed by atoms with Crippen LogP contribution in [0.3, 0.4) is 0 Å². The topological polar surface area (TPSA) is 50.7 Å². The van der Waals surface area contributed by atoms with Crippen LogP contribution in [0.1, 0.15) is 12.5 Å². The Labute approximate surface area is 100 Å². The molecule has 0 bridgehead atoms. The second kappa shape index (κ2) is 8.14. The number of hydrogen-bond donors (Lipinski definition) is 2. The Kier molecular flexibility index (Phi) is 6.73. The molecule has 0 aliphatic carbocycles. The van der Waals surface area contributed by atoms with Gasteiger partial charge in [0.25, 0.3) is 0 Å². The SMILES string of the molecule is CCONCC(O)COCc1ccccc1F. The Balaban J connectivity index is 2.17. The highest BCUT2D eigenvalue weighted by Crippen LogP contribution is 2.07. The molecule has 0 aliphatic heterocycles. The number of aliphatic hydroxyl groups is 1. The van der Waals surface area contributed by atoms with Crippen molar-refractivity contribution in [2.24, 2.45) is 0 Å². The zero-order chi connectivity index (χ0) is 12.5. The summed E-state index contributed by atoms with van der Waals surface area (Å²) in [4.78, 5) is 4.86. The first-order chi connectivity index (χ1) is 8.24. The zero-order valence-electron chi connectivity index (χ0n) is 9.86. The normalized spacial score (nSPS) is 12.6. The molecule has 0 saturated heterocycles. The van der Waals surface area contributed by atoms with E-state index in [4.69, 9.17) is 9.57 Å². The van der Waals surface area contributed by atoms with Gasteiger partial charge in [-0.15, -0.1) is 0 Å². The maximum Gasteiger partial charge on any atom is 0.128 e. The highest BCUT2D eigenvalue weighted by Gasteiger charge is 2.05. The summed E-state index contributed by atoms with van der Waals surface area (Å²) in [6.07, 6.45) is -0.673. The van der Waals surface area contributed by atoms with Gasteiger partial charge in [-0.25, -0.2) is 4.39 Å². The van der Waals surface area contributed by atoms with E-state index in [0.29, 0.717) is 12.2 Å². The fourth-order valence-corrected chi connectivity index (χ4v) is 1.24. The second-order valence-electron chi connectivity index (χ2n) is 3.54. The molecule has 96 valence electrons. The third-order valence-electron chi connectivity index (χ3n) is 2.09. The molecule has 1 rings (SSSR count). The van der Waals surface area contributed by atoms with Crippen LogP contribution in [0.2, 0.25) is 0 Å². The van der Waals surface area contributed by atoms with E-state index in [1.54, 1.807) is 18.2 Å². The molecule has 17 heavy (non-hydrogen) atoms. The number of aliphatic hydroxyl groups excluding tert-OH is 1. The molecule has 2 N–H and O–H groups in total. The third kappa shape index (κ3) is 5.74. The third-order valence-corrected chi connectivity index (χ3v) is 2.09. The summed E-state index contributed by atoms with van der Waals surface area (Å²) in [6, 6.07) is 6.40. The number of nitrogens with one attached hydrogen (secondary N) is 1. The Bertz CT molecular complexity index is 322. The van der Waals surface area contributed by atoms with Crippen molar-refractivity contribution >= 4 is 0 Å². The molecule has 0 fully saturated rings. The van der Waals surface area contributed by atoms with Gasteiger partial charge in [0.05, 0.1) is 25.9 Å². The first-order valence-corrected chi connectivity index (χ1v) is 5.58. The van der Waals surface area contributed by atoms with Gasteiger partial charge in [-0.1, -0.05) is 18.2 Å². The number of hydroxylamine groups is 1. The highest BCUT2D eigenvalue weighted by molar-refractivity contribution is 5.16. The van der Waals surface area contributed by atoms with Gasteiger partial charge < -0.3 is 14.7 Å². The van der Waals surface area contributed by atoms with Gasteiger partial charge in [-0.2, -0.15) is 5.48 Å². The van der Waals surface area contributed by atoms with E-state index >= 15 is 0 Å². The van der Waals surface area contributed by atoms with Crippen molar-refractivity contribution in [1.82, 2.24) is 5.48 Å². The van der Waals surface area contributed by atoms with E-state index in [2.05, 4.69) is 5.48 Å². The Morgan fingerprint density at radius 2 is 2.18 bits per heavy atom. The summed E-state index contributed by atoms with van der Waals surface area (Å²) in [5.74, 6) is -0.297. The van der Waals surface area contributed by atoms with Crippen LogP contribution in [-0.4, -0.2) is 31.0 Å². The quantitative estimate of drug-likeness (QED) is 0.533. The minimum absolute atomic E-state index is 0.133. The van der Waals surface area contributed by atoms with Gasteiger partial charge in [0.15, 0.2) is 0 Å². The molecule has 0 heterocycles. The van der Waals surface area contributed by atoms with Crippen LogP contribution in [-0.2, 0) is 16.2 Å². The van der Waals surface area contributed by atoms with Gasteiger partial charge in [0.1, 0.15) is 5.82 Å². The number of benzene rings is 1. The van der Waals surface area contributed by atoms with Gasteiger partial charge >= 0.3 is 0 Å². The van der Waals surface area contributed by atoms with Gasteiger partial charge in [0, 0.05) is 12.1 Å². The fraction of sp³-hybridized carbons (Fsp3) is 0.500. The van der Waals surface area contributed by atoms with Crippen molar-refractivity contribution in [3.8, 4) is 0 Å². The molecule has 1 aromatic rings. The van der Waals surface area contributed by atoms with Crippen LogP contribution in [0.15, 0.2) is 24.3 Å². The Morgan fingerprint density at radius 1 is 1.41 bits per heavy atom. The lowest BCUT2D eigenvalue weighted by Gasteiger charge is -2.12. The fourth-order valence-electron chi connectivity index (χ4n) is 1.24. The summed E-state index contributed by atoms with van der Waals surface area (Å²) in [5.41, 5.74) is 3.07. The van der Waals surface area contributed by atoms with Gasteiger partial charge in [-0.3, -0.25) is 0 Å². The van der Waals surface area contributed by atoms with E-state index in [1.807, 2.05) is 6.92 Å². The molecule has 0 aliphatic rings. The van der Waals surface area contributed by atoms with Crippen molar-refractivity contribution < 1.29 is 19.1 Å². The molecular weight excluding hydrogens is 225 g/mol. The van der Waals surface area contributed by atoms with E-state index in [1.165, 1.54) is 6.07 Å². The summed E-state index contributed by atoms with van der Waals surface area (Å²) >= 11 is 0. The predicted octanol–water partition coefficient (Wildman–Crippen LogP) is 1.24. The second-order valence-corrected chi connectivity index (χ2v) is 3.54. The maximum absolute atomic E-state index is 13.2. The Hall–Kier alpha value is -1.01. The first-order valence-electron chi connectivity index (χ1n) is 5.58. The van der Waals surface area contributed by atoms with E-state index in [-0.39, 0.29) is 25.6 Å². The van der Waals surface area contributed by atoms with Crippen LogP contribution in [0, 0.1) is 5.82 Å². The van der Waals surface area contributed by atoms with Gasteiger partial charge in [0.2, 0.25) is 0 Å². The lowest BCUT2D eigenvalue weighted by atomic mass is 10.2. The molecule has 5 heteroatoms. The minimum atomic E-state index is -0.673. The molecule has 0 amide bonds. The van der Waals surface area contributed by atoms with Gasteiger partial charge in [-0.05, 0) is 13.0 Å². The number of halogens is 1. The average molecular weight is 243 g/mol. The number of hydrogen-bond acceptors (Lipinski definition) is 4. The molecule has 1 unspecified atom stereocenters. The van der Waals surface area contributed by atoms with Crippen LogP contribution in [0.4, 0.5) is 4.39 Å². The smallest absolute Gasteiger partial charge is 0.128 e. The van der Waals surface area contributed by atoms with E-state index in [9.17, 15) is 9.50 Å². The number of ether oxygens (including phenoxy) is 1. The van der Waals surface area contributed by atoms with E-state index < -0.39 is 6.10 Å². The van der Waals surface area contributed by atoms with Crippen LogP contribution in [0.25, 0.3) is 0 Å². The van der Waals surface area contributed by atoms with Crippen LogP contribution >= 0.6 is 0 Å². The summed E-state index contributed by atoms with van der Waals surface area (Å²) in [6.45, 7) is 2.94. The molecule has 4 nitrogen and oxygen atoms in total. The van der Waals surface area contributed by atoms with Crippen molar-refractivity contribution in [2.75, 3.05) is 19.8 Å². The first kappa shape index (κ1) is 14.1. The lowest BCUT2D eigenvalue weighted by molar-refractivity contribution is -0.0151. The molecule has 1 atom stereocenters. The molecule has 0 saturated carbocycles. The summed E-state index contributed by atoms with van der Waals surface area (Å²) in [7, 11) is 0. The van der Waals surface area contributed by atoms with Crippen molar-refractivity contribution in [3.63, 3.8) is 0 Å². The molecule has 0 spiro atoms. The average Bonchev–Trinajstić information content (AvgIpc) is 2.32. The summed E-state index contributed by atoms with van der Waals surface area (Å²) < 4.78 is 18.4. The number of rotatable bonds is 8. The minimum Gasteiger partial charge on any atom is -0.389 e. The highest BCUT2D eigenvalue weighted by atomic mass is 19.1. The zero-order valence-corrected chi connectivity index (χ0v) is 9.86.